The number of methoxy groups -OCH3 is 1. The third kappa shape index (κ3) is 3.74. The molecule has 0 atom stereocenters. The predicted octanol–water partition coefficient (Wildman–Crippen LogP) is 0.630. The average Bonchev–Trinajstić information content (AvgIpc) is 2.72. The van der Waals surface area contributed by atoms with Crippen molar-refractivity contribution < 1.29 is 23.8 Å². The number of carboxylic acids is 1. The van der Waals surface area contributed by atoms with Crippen LogP contribution in [0, 0.1) is 0 Å². The van der Waals surface area contributed by atoms with Crippen LogP contribution in [-0.2, 0) is 16.1 Å². The van der Waals surface area contributed by atoms with Crippen LogP contribution in [0.4, 0.5) is 0 Å². The molecule has 0 radical (unpaired) electrons. The quantitative estimate of drug-likeness (QED) is 0.744. The van der Waals surface area contributed by atoms with E-state index in [-0.39, 0.29) is 24.6 Å². The van der Waals surface area contributed by atoms with Crippen molar-refractivity contribution >= 4 is 11.9 Å². The maximum absolute atomic E-state index is 11.2. The van der Waals surface area contributed by atoms with Gasteiger partial charge >= 0.3 is 5.97 Å². The summed E-state index contributed by atoms with van der Waals surface area (Å²) in [6, 6.07) is 2.86. The highest BCUT2D eigenvalue weighted by Crippen LogP contribution is 2.07. The Morgan fingerprint density at radius 1 is 1.50 bits per heavy atom. The number of hydrogen-bond acceptors (Lipinski definition) is 4. The molecule has 0 saturated carbocycles. The lowest BCUT2D eigenvalue weighted by Gasteiger charge is -2.01. The second-order valence-corrected chi connectivity index (χ2v) is 3.09. The molecule has 1 rings (SSSR count). The summed E-state index contributed by atoms with van der Waals surface area (Å²) in [7, 11) is 1.51. The molecule has 6 heteroatoms. The summed E-state index contributed by atoms with van der Waals surface area (Å²) < 4.78 is 9.69. The Morgan fingerprint density at radius 3 is 2.81 bits per heavy atom. The van der Waals surface area contributed by atoms with Gasteiger partial charge in [-0.15, -0.1) is 0 Å². The first kappa shape index (κ1) is 12.3. The molecule has 0 fully saturated rings. The van der Waals surface area contributed by atoms with Crippen LogP contribution >= 0.6 is 0 Å². The smallest absolute Gasteiger partial charge is 0.371 e. The van der Waals surface area contributed by atoms with Crippen LogP contribution < -0.4 is 5.32 Å². The summed E-state index contributed by atoms with van der Waals surface area (Å²) in [4.78, 5) is 21.7. The van der Waals surface area contributed by atoms with E-state index in [2.05, 4.69) is 5.32 Å². The zero-order valence-corrected chi connectivity index (χ0v) is 8.86. The van der Waals surface area contributed by atoms with Gasteiger partial charge in [-0.1, -0.05) is 0 Å². The van der Waals surface area contributed by atoms with Crippen molar-refractivity contribution in [1.82, 2.24) is 5.32 Å². The van der Waals surface area contributed by atoms with Crippen LogP contribution in [0.3, 0.4) is 0 Å². The van der Waals surface area contributed by atoms with E-state index in [1.807, 2.05) is 0 Å². The number of aromatic carboxylic acids is 1. The Bertz CT molecular complexity index is 371. The zero-order valence-electron chi connectivity index (χ0n) is 8.86. The Hall–Kier alpha value is -1.82. The molecule has 1 aromatic heterocycles. The van der Waals surface area contributed by atoms with Crippen LogP contribution in [0.1, 0.15) is 22.7 Å². The van der Waals surface area contributed by atoms with Crippen LogP contribution in [0.5, 0.6) is 0 Å². The number of carbonyl (C=O) groups excluding carboxylic acids is 1. The summed E-state index contributed by atoms with van der Waals surface area (Å²) in [5.41, 5.74) is 0. The van der Waals surface area contributed by atoms with Crippen LogP contribution in [0.25, 0.3) is 0 Å². The standard InChI is InChI=1S/C10H13NO5/c1-15-5-4-9(12)11-6-7-2-3-8(16-7)10(13)14/h2-3H,4-6H2,1H3,(H,11,12)(H,13,14). The van der Waals surface area contributed by atoms with Crippen molar-refractivity contribution in [1.29, 1.82) is 0 Å². The number of nitrogens with one attached hydrogen (secondary N) is 1. The van der Waals surface area contributed by atoms with E-state index in [1.54, 1.807) is 0 Å². The highest BCUT2D eigenvalue weighted by Gasteiger charge is 2.09. The lowest BCUT2D eigenvalue weighted by atomic mass is 10.4. The third-order valence-electron chi connectivity index (χ3n) is 1.87. The van der Waals surface area contributed by atoms with Gasteiger partial charge in [0.05, 0.1) is 13.2 Å². The SMILES string of the molecule is COCCC(=O)NCc1ccc(C(=O)O)o1. The second-order valence-electron chi connectivity index (χ2n) is 3.09. The van der Waals surface area contributed by atoms with Gasteiger partial charge in [0.25, 0.3) is 0 Å². The van der Waals surface area contributed by atoms with Crippen molar-refractivity contribution in [2.75, 3.05) is 13.7 Å². The first-order valence-corrected chi connectivity index (χ1v) is 4.71. The molecule has 16 heavy (non-hydrogen) atoms. The van der Waals surface area contributed by atoms with Crippen LogP contribution in [0.2, 0.25) is 0 Å². The monoisotopic (exact) mass is 227 g/mol. The van der Waals surface area contributed by atoms with Gasteiger partial charge < -0.3 is 19.6 Å². The number of carbonyl (C=O) groups is 2. The molecule has 0 bridgehead atoms. The van der Waals surface area contributed by atoms with E-state index >= 15 is 0 Å². The minimum absolute atomic E-state index is 0.138. The number of rotatable bonds is 6. The summed E-state index contributed by atoms with van der Waals surface area (Å²) in [6.07, 6.45) is 0.267. The Balaban J connectivity index is 2.36. The molecule has 6 nitrogen and oxygen atoms in total. The van der Waals surface area contributed by atoms with E-state index in [0.717, 1.165) is 0 Å². The number of amides is 1. The van der Waals surface area contributed by atoms with E-state index in [1.165, 1.54) is 19.2 Å². The van der Waals surface area contributed by atoms with Gasteiger partial charge in [-0.2, -0.15) is 0 Å². The van der Waals surface area contributed by atoms with Gasteiger partial charge in [0.1, 0.15) is 5.76 Å². The first-order valence-electron chi connectivity index (χ1n) is 4.71. The molecular weight excluding hydrogens is 214 g/mol. The number of furan rings is 1. The Labute approximate surface area is 92.2 Å². The van der Waals surface area contributed by atoms with Gasteiger partial charge in [-0.25, -0.2) is 4.79 Å². The summed E-state index contributed by atoms with van der Waals surface area (Å²) >= 11 is 0. The van der Waals surface area contributed by atoms with Crippen LogP contribution in [0.15, 0.2) is 16.5 Å². The average molecular weight is 227 g/mol. The molecule has 0 spiro atoms. The molecule has 1 aromatic rings. The lowest BCUT2D eigenvalue weighted by molar-refractivity contribution is -0.122. The summed E-state index contributed by atoms with van der Waals surface area (Å²) in [5.74, 6) is -1.03. The largest absolute Gasteiger partial charge is 0.475 e. The molecule has 1 heterocycles. The van der Waals surface area contributed by atoms with Crippen molar-refractivity contribution in [2.45, 2.75) is 13.0 Å². The lowest BCUT2D eigenvalue weighted by Crippen LogP contribution is -2.23. The van der Waals surface area contributed by atoms with E-state index in [9.17, 15) is 9.59 Å². The van der Waals surface area contributed by atoms with Crippen molar-refractivity contribution in [2.24, 2.45) is 0 Å². The Kier molecular flexibility index (Phi) is 4.53. The third-order valence-corrected chi connectivity index (χ3v) is 1.87. The van der Waals surface area contributed by atoms with Crippen molar-refractivity contribution in [3.63, 3.8) is 0 Å². The van der Waals surface area contributed by atoms with Crippen LogP contribution in [-0.4, -0.2) is 30.7 Å². The highest BCUT2D eigenvalue weighted by molar-refractivity contribution is 5.84. The summed E-state index contributed by atoms with van der Waals surface area (Å²) in [6.45, 7) is 0.528. The Morgan fingerprint density at radius 2 is 2.25 bits per heavy atom. The molecule has 0 aliphatic carbocycles. The maximum atomic E-state index is 11.2. The maximum Gasteiger partial charge on any atom is 0.371 e. The van der Waals surface area contributed by atoms with E-state index in [0.29, 0.717) is 12.4 Å². The highest BCUT2D eigenvalue weighted by atomic mass is 16.5. The fourth-order valence-electron chi connectivity index (χ4n) is 1.06. The fourth-order valence-corrected chi connectivity index (χ4v) is 1.06. The predicted molar refractivity (Wildman–Crippen MR) is 54.0 cm³/mol. The van der Waals surface area contributed by atoms with E-state index < -0.39 is 5.97 Å². The summed E-state index contributed by atoms with van der Waals surface area (Å²) in [5, 5.41) is 11.2. The molecule has 2 N–H and O–H groups in total. The van der Waals surface area contributed by atoms with Gasteiger partial charge in [-0.3, -0.25) is 4.79 Å². The topological polar surface area (TPSA) is 88.8 Å². The van der Waals surface area contributed by atoms with Gasteiger partial charge in [0.2, 0.25) is 11.7 Å². The van der Waals surface area contributed by atoms with Gasteiger partial charge in [0, 0.05) is 13.5 Å². The van der Waals surface area contributed by atoms with E-state index in [4.69, 9.17) is 14.3 Å². The minimum atomic E-state index is -1.13. The molecule has 0 aliphatic rings. The normalized spacial score (nSPS) is 10.1. The van der Waals surface area contributed by atoms with Crippen molar-refractivity contribution in [3.8, 4) is 0 Å². The number of hydrogen-bond donors (Lipinski definition) is 2. The van der Waals surface area contributed by atoms with Gasteiger partial charge in [-0.05, 0) is 12.1 Å². The molecule has 0 aliphatic heterocycles. The molecule has 88 valence electrons. The fraction of sp³-hybridized carbons (Fsp3) is 0.400. The minimum Gasteiger partial charge on any atom is -0.475 e. The van der Waals surface area contributed by atoms with Gasteiger partial charge in [0.15, 0.2) is 0 Å². The second kappa shape index (κ2) is 5.92. The first-order chi connectivity index (χ1) is 7.63. The molecular formula is C10H13NO5. The van der Waals surface area contributed by atoms with Crippen molar-refractivity contribution in [3.05, 3.63) is 23.7 Å². The molecule has 0 aromatic carbocycles. The molecule has 0 unspecified atom stereocenters. The molecule has 0 saturated heterocycles. The molecule has 1 amide bonds. The zero-order chi connectivity index (χ0) is 12.0. The number of carboxylic acid groups (broad SMARTS) is 1. The number of ether oxygens (including phenoxy) is 1.